The van der Waals surface area contributed by atoms with Crippen molar-refractivity contribution in [3.8, 4) is 0 Å². The van der Waals surface area contributed by atoms with Crippen LogP contribution in [0.1, 0.15) is 35.9 Å². The number of aromatic nitrogens is 2. The molecule has 1 saturated heterocycles. The maximum Gasteiger partial charge on any atom is 0.261 e. The molecule has 1 aliphatic heterocycles. The van der Waals surface area contributed by atoms with Crippen LogP contribution >= 0.6 is 11.6 Å². The average molecular weight is 410 g/mol. The van der Waals surface area contributed by atoms with Gasteiger partial charge < -0.3 is 4.90 Å². The van der Waals surface area contributed by atoms with Crippen molar-refractivity contribution in [2.75, 3.05) is 13.1 Å². The molecule has 150 valence electrons. The molecule has 5 nitrogen and oxygen atoms in total. The van der Waals surface area contributed by atoms with Crippen molar-refractivity contribution < 1.29 is 4.79 Å². The summed E-state index contributed by atoms with van der Waals surface area (Å²) in [4.78, 5) is 32.3. The van der Waals surface area contributed by atoms with Gasteiger partial charge in [-0.25, -0.2) is 4.98 Å². The van der Waals surface area contributed by atoms with Gasteiger partial charge in [0.15, 0.2) is 0 Å². The summed E-state index contributed by atoms with van der Waals surface area (Å²) in [6, 6.07) is 14.7. The van der Waals surface area contributed by atoms with Crippen molar-refractivity contribution in [2.24, 2.45) is 5.92 Å². The highest BCUT2D eigenvalue weighted by Crippen LogP contribution is 2.23. The van der Waals surface area contributed by atoms with Crippen LogP contribution < -0.4 is 5.56 Å². The lowest BCUT2D eigenvalue weighted by Gasteiger charge is -2.32. The molecule has 1 aromatic heterocycles. The minimum absolute atomic E-state index is 0.0205. The third kappa shape index (κ3) is 3.92. The predicted octanol–water partition coefficient (Wildman–Crippen LogP) is 4.16. The van der Waals surface area contributed by atoms with E-state index in [4.69, 9.17) is 16.6 Å². The zero-order valence-corrected chi connectivity index (χ0v) is 17.2. The van der Waals surface area contributed by atoms with Crippen LogP contribution in [-0.2, 0) is 13.0 Å². The normalized spacial score (nSPS) is 15.0. The molecule has 0 spiro atoms. The number of fused-ring (bicyclic) bond motifs is 1. The molecule has 0 unspecified atom stereocenters. The number of carbonyl (C=O) groups excluding carboxylic acids is 1. The van der Waals surface area contributed by atoms with Crippen molar-refractivity contribution >= 4 is 28.4 Å². The van der Waals surface area contributed by atoms with Crippen LogP contribution in [0.25, 0.3) is 10.9 Å². The monoisotopic (exact) mass is 409 g/mol. The standard InChI is InChI=1S/C23H24ClN3O2/c1-2-21-25-20-10-6-4-8-18(20)23(29)27(21)15-16-11-13-26(14-12-16)22(28)17-7-3-5-9-19(17)24/h3-10,16H,2,11-15H2,1H3. The second-order valence-corrected chi connectivity index (χ2v) is 7.94. The molecule has 0 radical (unpaired) electrons. The van der Waals surface area contributed by atoms with E-state index in [2.05, 4.69) is 0 Å². The van der Waals surface area contributed by atoms with E-state index in [1.165, 1.54) is 0 Å². The number of likely N-dealkylation sites (tertiary alicyclic amines) is 1. The van der Waals surface area contributed by atoms with Crippen LogP contribution in [0.5, 0.6) is 0 Å². The fourth-order valence-corrected chi connectivity index (χ4v) is 4.27. The molecule has 1 fully saturated rings. The number of amides is 1. The Morgan fingerprint density at radius 3 is 2.52 bits per heavy atom. The Morgan fingerprint density at radius 2 is 1.79 bits per heavy atom. The molecular formula is C23H24ClN3O2. The Bertz CT molecular complexity index is 1100. The number of piperidine rings is 1. The number of hydrogen-bond donors (Lipinski definition) is 0. The molecule has 0 atom stereocenters. The molecule has 0 bridgehead atoms. The van der Waals surface area contributed by atoms with E-state index in [-0.39, 0.29) is 11.5 Å². The lowest BCUT2D eigenvalue weighted by molar-refractivity contribution is 0.0682. The number of benzene rings is 2. The first-order chi connectivity index (χ1) is 14.1. The lowest BCUT2D eigenvalue weighted by Crippen LogP contribution is -2.40. The summed E-state index contributed by atoms with van der Waals surface area (Å²) in [6.45, 7) is 4.02. The molecule has 6 heteroatoms. The minimum Gasteiger partial charge on any atom is -0.339 e. The summed E-state index contributed by atoms with van der Waals surface area (Å²) >= 11 is 6.18. The first-order valence-corrected chi connectivity index (χ1v) is 10.5. The van der Waals surface area contributed by atoms with Gasteiger partial charge in [0.1, 0.15) is 5.82 Å². The lowest BCUT2D eigenvalue weighted by atomic mass is 9.96. The van der Waals surface area contributed by atoms with Crippen molar-refractivity contribution in [1.82, 2.24) is 14.5 Å². The van der Waals surface area contributed by atoms with E-state index in [1.807, 2.05) is 52.8 Å². The maximum absolute atomic E-state index is 13.0. The van der Waals surface area contributed by atoms with Crippen molar-refractivity contribution in [3.63, 3.8) is 0 Å². The highest BCUT2D eigenvalue weighted by molar-refractivity contribution is 6.33. The summed E-state index contributed by atoms with van der Waals surface area (Å²) in [5, 5.41) is 1.15. The van der Waals surface area contributed by atoms with Crippen molar-refractivity contribution in [2.45, 2.75) is 32.7 Å². The van der Waals surface area contributed by atoms with Crippen LogP contribution in [0.15, 0.2) is 53.3 Å². The second kappa shape index (κ2) is 8.37. The number of nitrogens with zero attached hydrogens (tertiary/aromatic N) is 3. The topological polar surface area (TPSA) is 55.2 Å². The van der Waals surface area contributed by atoms with Crippen LogP contribution in [0.4, 0.5) is 0 Å². The van der Waals surface area contributed by atoms with Gasteiger partial charge in [-0.05, 0) is 43.0 Å². The third-order valence-corrected chi connectivity index (χ3v) is 6.03. The minimum atomic E-state index is -0.0205. The zero-order valence-electron chi connectivity index (χ0n) is 16.5. The van der Waals surface area contributed by atoms with Gasteiger partial charge in [0.05, 0.1) is 21.5 Å². The molecule has 0 aliphatic carbocycles. The van der Waals surface area contributed by atoms with E-state index < -0.39 is 0 Å². The molecule has 0 N–H and O–H groups in total. The molecule has 2 heterocycles. The van der Waals surface area contributed by atoms with E-state index in [9.17, 15) is 9.59 Å². The number of halogens is 1. The number of aryl methyl sites for hydroxylation is 1. The SMILES string of the molecule is CCc1nc2ccccc2c(=O)n1CC1CCN(C(=O)c2ccccc2Cl)CC1. The number of rotatable bonds is 4. The summed E-state index contributed by atoms with van der Waals surface area (Å²) in [5.41, 5.74) is 1.34. The predicted molar refractivity (Wildman–Crippen MR) is 115 cm³/mol. The van der Waals surface area contributed by atoms with Gasteiger partial charge in [0.2, 0.25) is 0 Å². The van der Waals surface area contributed by atoms with Crippen molar-refractivity contribution in [3.05, 3.63) is 75.3 Å². The molecule has 1 amide bonds. The summed E-state index contributed by atoms with van der Waals surface area (Å²) in [6.07, 6.45) is 2.43. The van der Waals surface area contributed by atoms with Crippen molar-refractivity contribution in [1.29, 1.82) is 0 Å². The first-order valence-electron chi connectivity index (χ1n) is 10.1. The van der Waals surface area contributed by atoms with E-state index in [0.717, 1.165) is 24.2 Å². The van der Waals surface area contributed by atoms with E-state index >= 15 is 0 Å². The summed E-state index contributed by atoms with van der Waals surface area (Å²) < 4.78 is 1.83. The number of hydrogen-bond acceptors (Lipinski definition) is 3. The Hall–Kier alpha value is -2.66. The number of para-hydroxylation sites is 1. The van der Waals surface area contributed by atoms with Crippen LogP contribution in [0, 0.1) is 5.92 Å². The largest absolute Gasteiger partial charge is 0.339 e. The van der Waals surface area contributed by atoms with Gasteiger partial charge in [-0.2, -0.15) is 0 Å². The first kappa shape index (κ1) is 19.6. The Morgan fingerprint density at radius 1 is 1.10 bits per heavy atom. The molecule has 1 aliphatic rings. The number of carbonyl (C=O) groups is 1. The third-order valence-electron chi connectivity index (χ3n) is 5.70. The molecule has 0 saturated carbocycles. The fraction of sp³-hybridized carbons (Fsp3) is 0.348. The highest BCUT2D eigenvalue weighted by Gasteiger charge is 2.26. The highest BCUT2D eigenvalue weighted by atomic mass is 35.5. The van der Waals surface area contributed by atoms with Gasteiger partial charge in [-0.3, -0.25) is 14.2 Å². The van der Waals surface area contributed by atoms with Gasteiger partial charge >= 0.3 is 0 Å². The quantitative estimate of drug-likeness (QED) is 0.650. The van der Waals surface area contributed by atoms with Crippen LogP contribution in [0.3, 0.4) is 0 Å². The summed E-state index contributed by atoms with van der Waals surface area (Å²) in [5.74, 6) is 1.15. The van der Waals surface area contributed by atoms with E-state index in [0.29, 0.717) is 47.9 Å². The average Bonchev–Trinajstić information content (AvgIpc) is 2.76. The van der Waals surface area contributed by atoms with Crippen LogP contribution in [-0.4, -0.2) is 33.4 Å². The smallest absolute Gasteiger partial charge is 0.261 e. The van der Waals surface area contributed by atoms with Crippen LogP contribution in [0.2, 0.25) is 5.02 Å². The molecule has 3 aromatic rings. The van der Waals surface area contributed by atoms with Gasteiger partial charge in [0.25, 0.3) is 11.5 Å². The zero-order chi connectivity index (χ0) is 20.4. The van der Waals surface area contributed by atoms with Gasteiger partial charge in [-0.1, -0.05) is 42.8 Å². The van der Waals surface area contributed by atoms with Gasteiger partial charge in [-0.15, -0.1) is 0 Å². The maximum atomic E-state index is 13.0. The molecular weight excluding hydrogens is 386 g/mol. The second-order valence-electron chi connectivity index (χ2n) is 7.53. The molecule has 2 aromatic carbocycles. The fourth-order valence-electron chi connectivity index (χ4n) is 4.05. The Balaban J connectivity index is 1.49. The summed E-state index contributed by atoms with van der Waals surface area (Å²) in [7, 11) is 0. The van der Waals surface area contributed by atoms with E-state index in [1.54, 1.807) is 12.1 Å². The Labute approximate surface area is 174 Å². The molecule has 4 rings (SSSR count). The van der Waals surface area contributed by atoms with Gasteiger partial charge in [0, 0.05) is 26.1 Å². The molecule has 29 heavy (non-hydrogen) atoms. The Kier molecular flexibility index (Phi) is 5.67.